The first-order chi connectivity index (χ1) is 16.6. The largest absolute Gasteiger partial charge is 0.573 e. The number of urea groups is 1. The maximum Gasteiger partial charge on any atom is 0.573 e. The Kier molecular flexibility index (Phi) is 6.91. The number of carbonyl (C=O) groups is 2. The second kappa shape index (κ2) is 9.64. The van der Waals surface area contributed by atoms with Crippen LogP contribution in [0.5, 0.6) is 5.75 Å². The van der Waals surface area contributed by atoms with Crippen molar-refractivity contribution in [2.24, 2.45) is 0 Å². The summed E-state index contributed by atoms with van der Waals surface area (Å²) < 4.78 is 40.9. The lowest BCUT2D eigenvalue weighted by Gasteiger charge is -2.44. The molecule has 0 saturated carbocycles. The Hall–Kier alpha value is -3.28. The molecule has 1 aromatic carbocycles. The van der Waals surface area contributed by atoms with E-state index in [4.69, 9.17) is 0 Å². The molecular formula is C24H31F3N6O3. The number of fused-ring (bicyclic) bond motifs is 2. The van der Waals surface area contributed by atoms with Crippen LogP contribution >= 0.6 is 0 Å². The minimum absolute atomic E-state index is 0. The molecule has 196 valence electrons. The summed E-state index contributed by atoms with van der Waals surface area (Å²) in [5.41, 5.74) is 1.64. The molecule has 12 heteroatoms. The van der Waals surface area contributed by atoms with Crippen LogP contribution in [-0.2, 0) is 6.54 Å². The Morgan fingerprint density at radius 1 is 1.14 bits per heavy atom. The number of nitrogens with one attached hydrogen (secondary N) is 2. The molecule has 0 spiro atoms. The number of H-pyrrole nitrogens is 1. The molecule has 36 heavy (non-hydrogen) atoms. The summed E-state index contributed by atoms with van der Waals surface area (Å²) in [5.74, 6) is -0.636. The van der Waals surface area contributed by atoms with Crippen molar-refractivity contribution >= 4 is 17.8 Å². The minimum Gasteiger partial charge on any atom is -0.406 e. The predicted molar refractivity (Wildman–Crippen MR) is 127 cm³/mol. The highest BCUT2D eigenvalue weighted by Gasteiger charge is 2.42. The van der Waals surface area contributed by atoms with Crippen molar-refractivity contribution in [2.45, 2.75) is 65.1 Å². The summed E-state index contributed by atoms with van der Waals surface area (Å²) in [6.07, 6.45) is -2.53. The topological polar surface area (TPSA) is 93.8 Å². The quantitative estimate of drug-likeness (QED) is 0.643. The molecule has 4 heterocycles. The van der Waals surface area contributed by atoms with Gasteiger partial charge in [-0.15, -0.1) is 13.2 Å². The molecule has 3 amide bonds. The number of rotatable bonds is 3. The number of aromatic nitrogens is 2. The fraction of sp³-hybridized carbons (Fsp3) is 0.542. The van der Waals surface area contributed by atoms with E-state index < -0.39 is 18.0 Å². The molecule has 5 rings (SSSR count). The Balaban J connectivity index is 0.00000304. The molecule has 1 aromatic heterocycles. The number of benzene rings is 1. The van der Waals surface area contributed by atoms with Crippen LogP contribution in [-0.4, -0.2) is 74.9 Å². The standard InChI is InChI=1S/C23H27F3N6O3.CH4/c1-13-10-30-9-3-4-16(30)11-31(13)22(34)32-12-18-19(14(32)2)28-29-20(18)27-21(33)15-5-7-17(8-6-15)35-23(24,25)26;/h5-8,13-14,16H,3-4,9-12H2,1-2H3,(H2,27,28,29,33);1H4/t13-,14?,16-;/m0./s1. The summed E-state index contributed by atoms with van der Waals surface area (Å²) in [7, 11) is 0. The van der Waals surface area contributed by atoms with Crippen molar-refractivity contribution < 1.29 is 27.5 Å². The Morgan fingerprint density at radius 3 is 2.56 bits per heavy atom. The van der Waals surface area contributed by atoms with Crippen LogP contribution in [0.25, 0.3) is 0 Å². The number of hydrogen-bond donors (Lipinski definition) is 2. The molecule has 2 saturated heterocycles. The minimum atomic E-state index is -4.80. The normalized spacial score (nSPS) is 23.6. The van der Waals surface area contributed by atoms with Crippen molar-refractivity contribution in [1.82, 2.24) is 24.9 Å². The molecule has 3 atom stereocenters. The fourth-order valence-electron chi connectivity index (χ4n) is 5.29. The Bertz CT molecular complexity index is 1120. The molecule has 0 aliphatic carbocycles. The maximum absolute atomic E-state index is 13.5. The lowest BCUT2D eigenvalue weighted by molar-refractivity contribution is -0.274. The molecule has 2 aromatic rings. The van der Waals surface area contributed by atoms with E-state index in [-0.39, 0.29) is 31.1 Å². The van der Waals surface area contributed by atoms with E-state index in [1.54, 1.807) is 4.90 Å². The van der Waals surface area contributed by atoms with Gasteiger partial charge in [-0.1, -0.05) is 7.43 Å². The zero-order valence-corrected chi connectivity index (χ0v) is 19.4. The van der Waals surface area contributed by atoms with Crippen LogP contribution in [0.3, 0.4) is 0 Å². The lowest BCUT2D eigenvalue weighted by Crippen LogP contribution is -2.59. The zero-order valence-electron chi connectivity index (χ0n) is 19.4. The number of nitrogens with zero attached hydrogens (tertiary/aromatic N) is 4. The van der Waals surface area contributed by atoms with Crippen molar-refractivity contribution in [3.63, 3.8) is 0 Å². The van der Waals surface area contributed by atoms with Gasteiger partial charge in [-0.05, 0) is 57.5 Å². The average molecular weight is 509 g/mol. The first-order valence-corrected chi connectivity index (χ1v) is 11.7. The van der Waals surface area contributed by atoms with Crippen LogP contribution in [0, 0.1) is 0 Å². The first-order valence-electron chi connectivity index (χ1n) is 11.7. The number of hydrogen-bond acceptors (Lipinski definition) is 5. The van der Waals surface area contributed by atoms with Gasteiger partial charge in [-0.25, -0.2) is 4.79 Å². The Morgan fingerprint density at radius 2 is 1.86 bits per heavy atom. The zero-order chi connectivity index (χ0) is 24.9. The second-order valence-electron chi connectivity index (χ2n) is 9.37. The van der Waals surface area contributed by atoms with E-state index in [0.717, 1.165) is 49.3 Å². The highest BCUT2D eigenvalue weighted by Crippen LogP contribution is 2.37. The van der Waals surface area contributed by atoms with Gasteiger partial charge in [0.2, 0.25) is 0 Å². The molecule has 1 unspecified atom stereocenters. The SMILES string of the molecule is C.CC1c2[nH]nc(NC(=O)c3ccc(OC(F)(F)F)cc3)c2CN1C(=O)N1C[C@@H]2CCCN2C[C@@H]1C. The number of carbonyl (C=O) groups excluding carboxylic acids is 2. The highest BCUT2D eigenvalue weighted by molar-refractivity contribution is 6.04. The monoisotopic (exact) mass is 508 g/mol. The third-order valence-corrected chi connectivity index (χ3v) is 7.12. The summed E-state index contributed by atoms with van der Waals surface area (Å²) in [6.45, 7) is 6.98. The summed E-state index contributed by atoms with van der Waals surface area (Å²) >= 11 is 0. The van der Waals surface area contributed by atoms with Gasteiger partial charge in [-0.2, -0.15) is 5.10 Å². The molecule has 3 aliphatic heterocycles. The second-order valence-corrected chi connectivity index (χ2v) is 9.37. The predicted octanol–water partition coefficient (Wildman–Crippen LogP) is 4.36. The van der Waals surface area contributed by atoms with Crippen LogP contribution in [0.4, 0.5) is 23.8 Å². The van der Waals surface area contributed by atoms with Gasteiger partial charge in [0.25, 0.3) is 5.91 Å². The Labute approximate surface area is 207 Å². The summed E-state index contributed by atoms with van der Waals surface area (Å²) in [6, 6.07) is 4.90. The van der Waals surface area contributed by atoms with Gasteiger partial charge >= 0.3 is 12.4 Å². The van der Waals surface area contributed by atoms with Gasteiger partial charge in [0.1, 0.15) is 5.75 Å². The highest BCUT2D eigenvalue weighted by atomic mass is 19.4. The number of amides is 3. The van der Waals surface area contributed by atoms with Crippen LogP contribution < -0.4 is 10.1 Å². The molecular weight excluding hydrogens is 477 g/mol. The van der Waals surface area contributed by atoms with Crippen molar-refractivity contribution in [1.29, 1.82) is 0 Å². The summed E-state index contributed by atoms with van der Waals surface area (Å²) in [4.78, 5) is 32.4. The summed E-state index contributed by atoms with van der Waals surface area (Å²) in [5, 5.41) is 9.83. The van der Waals surface area contributed by atoms with E-state index >= 15 is 0 Å². The van der Waals surface area contributed by atoms with Crippen LogP contribution in [0.1, 0.15) is 61.8 Å². The molecule has 3 aliphatic rings. The van der Waals surface area contributed by atoms with Gasteiger partial charge in [-0.3, -0.25) is 14.8 Å². The first kappa shape index (κ1) is 25.8. The van der Waals surface area contributed by atoms with Gasteiger partial charge in [0.05, 0.1) is 18.3 Å². The van der Waals surface area contributed by atoms with E-state index in [9.17, 15) is 22.8 Å². The molecule has 2 fully saturated rings. The molecule has 0 bridgehead atoms. The smallest absolute Gasteiger partial charge is 0.406 e. The number of anilines is 1. The van der Waals surface area contributed by atoms with Gasteiger partial charge < -0.3 is 19.9 Å². The van der Waals surface area contributed by atoms with E-state index in [2.05, 4.69) is 32.1 Å². The average Bonchev–Trinajstić information content (AvgIpc) is 3.49. The third kappa shape index (κ3) is 4.86. The fourth-order valence-corrected chi connectivity index (χ4v) is 5.29. The van der Waals surface area contributed by atoms with Crippen LogP contribution in [0.15, 0.2) is 24.3 Å². The molecule has 0 radical (unpaired) electrons. The molecule has 9 nitrogen and oxygen atoms in total. The van der Waals surface area contributed by atoms with E-state index in [1.165, 1.54) is 12.1 Å². The molecule has 2 N–H and O–H groups in total. The van der Waals surface area contributed by atoms with Gasteiger partial charge in [0, 0.05) is 36.3 Å². The number of halogens is 3. The third-order valence-electron chi connectivity index (χ3n) is 7.12. The number of alkyl halides is 3. The number of aromatic amines is 1. The maximum atomic E-state index is 13.5. The van der Waals surface area contributed by atoms with Gasteiger partial charge in [0.15, 0.2) is 5.82 Å². The number of piperazine rings is 1. The lowest BCUT2D eigenvalue weighted by atomic mass is 10.1. The van der Waals surface area contributed by atoms with Crippen LogP contribution in [0.2, 0.25) is 0 Å². The van der Waals surface area contributed by atoms with Crippen molar-refractivity contribution in [3.05, 3.63) is 41.1 Å². The van der Waals surface area contributed by atoms with E-state index in [0.29, 0.717) is 24.9 Å². The van der Waals surface area contributed by atoms with E-state index in [1.807, 2.05) is 11.8 Å². The number of ether oxygens (including phenoxy) is 1. The van der Waals surface area contributed by atoms with Crippen molar-refractivity contribution in [3.8, 4) is 5.75 Å². The van der Waals surface area contributed by atoms with Crippen molar-refractivity contribution in [2.75, 3.05) is 25.0 Å².